The molecule has 2 aliphatic carbocycles. The Bertz CT molecular complexity index is 759. The van der Waals surface area contributed by atoms with Crippen LogP contribution in [0, 0.1) is 18.8 Å². The van der Waals surface area contributed by atoms with E-state index in [2.05, 4.69) is 41.8 Å². The van der Waals surface area contributed by atoms with Crippen LogP contribution in [0.1, 0.15) is 56.6 Å². The molecule has 0 amide bonds. The second kappa shape index (κ2) is 7.59. The summed E-state index contributed by atoms with van der Waals surface area (Å²) in [6, 6.07) is 9.10. The van der Waals surface area contributed by atoms with Crippen LogP contribution in [-0.4, -0.2) is 23.8 Å². The number of Topliss-reactive ketones (excluding diaryl/α,β-unsaturated/α-hetero) is 2. The number of allylic oxidation sites excluding steroid dienone is 1. The molecule has 4 heteroatoms. The summed E-state index contributed by atoms with van der Waals surface area (Å²) in [6.45, 7) is 4.03. The van der Waals surface area contributed by atoms with Crippen LogP contribution in [0.4, 0.5) is 0 Å². The lowest BCUT2D eigenvalue weighted by atomic mass is 9.77. The van der Waals surface area contributed by atoms with Crippen LogP contribution in [0.15, 0.2) is 35.5 Å². The molecule has 1 fully saturated rings. The third-order valence-electron chi connectivity index (χ3n) is 6.50. The summed E-state index contributed by atoms with van der Waals surface area (Å²) in [5.41, 5.74) is 4.26. The van der Waals surface area contributed by atoms with Gasteiger partial charge in [-0.25, -0.2) is 0 Å². The first-order valence-corrected chi connectivity index (χ1v) is 10.4. The fraction of sp³-hybridized carbons (Fsp3) is 0.565. The normalized spacial score (nSPS) is 28.6. The lowest BCUT2D eigenvalue weighted by Crippen LogP contribution is -2.48. The van der Waals surface area contributed by atoms with Crippen molar-refractivity contribution in [2.75, 3.05) is 0 Å². The summed E-state index contributed by atoms with van der Waals surface area (Å²) in [5, 5.41) is 7.30. The van der Waals surface area contributed by atoms with Crippen molar-refractivity contribution in [3.63, 3.8) is 0 Å². The molecular weight excluding hydrogens is 336 g/mol. The standard InChI is InChI=1S/C23H30N2O2/c1-3-17-20(26)13-19-21(22(17)27)18(12-15-10-8-14(2)9-11-15)23(25-19)24-16-6-4-5-7-16/h8-11,16-18,23-25H,3-7,12-13H2,1-2H3. The van der Waals surface area contributed by atoms with Gasteiger partial charge in [-0.1, -0.05) is 49.6 Å². The number of ketones is 2. The van der Waals surface area contributed by atoms with Crippen LogP contribution in [0.5, 0.6) is 0 Å². The molecule has 1 aromatic carbocycles. The maximum Gasteiger partial charge on any atom is 0.171 e. The number of carbonyl (C=O) groups is 2. The fourth-order valence-corrected chi connectivity index (χ4v) is 4.98. The molecule has 144 valence electrons. The van der Waals surface area contributed by atoms with Gasteiger partial charge >= 0.3 is 0 Å². The van der Waals surface area contributed by atoms with Gasteiger partial charge in [0, 0.05) is 29.7 Å². The van der Waals surface area contributed by atoms with Crippen LogP contribution < -0.4 is 10.6 Å². The van der Waals surface area contributed by atoms with Gasteiger partial charge < -0.3 is 5.32 Å². The van der Waals surface area contributed by atoms with Gasteiger partial charge in [0.2, 0.25) is 0 Å². The van der Waals surface area contributed by atoms with Gasteiger partial charge in [-0.2, -0.15) is 0 Å². The maximum atomic E-state index is 13.1. The number of benzene rings is 1. The Labute approximate surface area is 161 Å². The summed E-state index contributed by atoms with van der Waals surface area (Å²) in [5.74, 6) is -0.220. The van der Waals surface area contributed by atoms with Crippen LogP contribution in [-0.2, 0) is 16.0 Å². The maximum absolute atomic E-state index is 13.1. The van der Waals surface area contributed by atoms with Crippen LogP contribution in [0.2, 0.25) is 0 Å². The quantitative estimate of drug-likeness (QED) is 0.784. The summed E-state index contributed by atoms with van der Waals surface area (Å²) in [6.07, 6.45) is 6.80. The minimum atomic E-state index is -0.448. The second-order valence-corrected chi connectivity index (χ2v) is 8.43. The molecular formula is C23H30N2O2. The molecule has 1 aromatic rings. The number of carbonyl (C=O) groups excluding carboxylic acids is 2. The van der Waals surface area contributed by atoms with Crippen molar-refractivity contribution < 1.29 is 9.59 Å². The minimum Gasteiger partial charge on any atom is -0.372 e. The van der Waals surface area contributed by atoms with Gasteiger partial charge in [0.15, 0.2) is 5.78 Å². The van der Waals surface area contributed by atoms with Gasteiger partial charge in [-0.3, -0.25) is 14.9 Å². The van der Waals surface area contributed by atoms with E-state index in [-0.39, 0.29) is 23.7 Å². The molecule has 0 spiro atoms. The van der Waals surface area contributed by atoms with E-state index in [4.69, 9.17) is 0 Å². The molecule has 1 heterocycles. The fourth-order valence-electron chi connectivity index (χ4n) is 4.98. The van der Waals surface area contributed by atoms with Crippen molar-refractivity contribution in [2.45, 2.75) is 71.0 Å². The Hall–Kier alpha value is -1.94. The Balaban J connectivity index is 1.62. The molecule has 4 rings (SSSR count). The zero-order chi connectivity index (χ0) is 19.0. The molecule has 0 bridgehead atoms. The van der Waals surface area contributed by atoms with E-state index >= 15 is 0 Å². The number of aryl methyl sites for hydroxylation is 1. The average Bonchev–Trinajstić information content (AvgIpc) is 3.26. The predicted octanol–water partition coefficient (Wildman–Crippen LogP) is 3.44. The van der Waals surface area contributed by atoms with Crippen molar-refractivity contribution in [1.82, 2.24) is 10.6 Å². The monoisotopic (exact) mass is 366 g/mol. The van der Waals surface area contributed by atoms with Gasteiger partial charge in [0.1, 0.15) is 5.78 Å². The van der Waals surface area contributed by atoms with Crippen LogP contribution >= 0.6 is 0 Å². The van der Waals surface area contributed by atoms with Gasteiger partial charge in [0.25, 0.3) is 0 Å². The molecule has 0 saturated heterocycles. The highest BCUT2D eigenvalue weighted by molar-refractivity contribution is 6.14. The van der Waals surface area contributed by atoms with E-state index in [9.17, 15) is 9.59 Å². The molecule has 0 radical (unpaired) electrons. The Morgan fingerprint density at radius 1 is 1.11 bits per heavy atom. The van der Waals surface area contributed by atoms with Crippen LogP contribution in [0.3, 0.4) is 0 Å². The lowest BCUT2D eigenvalue weighted by molar-refractivity contribution is -0.131. The van der Waals surface area contributed by atoms with Gasteiger partial charge in [0.05, 0.1) is 12.1 Å². The highest BCUT2D eigenvalue weighted by atomic mass is 16.2. The number of hydrogen-bond acceptors (Lipinski definition) is 4. The van der Waals surface area contributed by atoms with Crippen molar-refractivity contribution in [3.05, 3.63) is 46.7 Å². The summed E-state index contributed by atoms with van der Waals surface area (Å²) in [4.78, 5) is 25.6. The third kappa shape index (κ3) is 3.60. The number of hydrogen-bond donors (Lipinski definition) is 2. The number of nitrogens with one attached hydrogen (secondary N) is 2. The van der Waals surface area contributed by atoms with Gasteiger partial charge in [-0.05, 0) is 38.2 Å². The van der Waals surface area contributed by atoms with Gasteiger partial charge in [-0.15, -0.1) is 0 Å². The van der Waals surface area contributed by atoms with E-state index in [1.165, 1.54) is 36.8 Å². The average molecular weight is 367 g/mol. The van der Waals surface area contributed by atoms with E-state index in [0.717, 1.165) is 17.7 Å². The predicted molar refractivity (Wildman–Crippen MR) is 106 cm³/mol. The summed E-state index contributed by atoms with van der Waals surface area (Å²) in [7, 11) is 0. The zero-order valence-corrected chi connectivity index (χ0v) is 16.4. The largest absolute Gasteiger partial charge is 0.372 e. The van der Waals surface area contributed by atoms with Crippen molar-refractivity contribution in [2.24, 2.45) is 11.8 Å². The zero-order valence-electron chi connectivity index (χ0n) is 16.4. The first kappa shape index (κ1) is 18.4. The molecule has 3 atom stereocenters. The van der Waals surface area contributed by atoms with E-state index in [1.807, 2.05) is 6.92 Å². The van der Waals surface area contributed by atoms with E-state index in [0.29, 0.717) is 18.9 Å². The first-order chi connectivity index (χ1) is 13.1. The molecule has 2 N–H and O–H groups in total. The molecule has 3 aliphatic rings. The third-order valence-corrected chi connectivity index (χ3v) is 6.50. The highest BCUT2D eigenvalue weighted by Gasteiger charge is 2.45. The summed E-state index contributed by atoms with van der Waals surface area (Å²) < 4.78 is 0. The Kier molecular flexibility index (Phi) is 5.18. The molecule has 1 aliphatic heterocycles. The molecule has 4 nitrogen and oxygen atoms in total. The Morgan fingerprint density at radius 2 is 1.81 bits per heavy atom. The minimum absolute atomic E-state index is 0.0479. The lowest BCUT2D eigenvalue weighted by Gasteiger charge is -2.27. The van der Waals surface area contributed by atoms with Crippen LogP contribution in [0.25, 0.3) is 0 Å². The smallest absolute Gasteiger partial charge is 0.171 e. The molecule has 0 aromatic heterocycles. The SMILES string of the molecule is CCC1C(=O)CC2=C(C1=O)C(Cc1ccc(C)cc1)C(NC1CCCC1)N2. The van der Waals surface area contributed by atoms with Crippen molar-refractivity contribution in [3.8, 4) is 0 Å². The number of rotatable bonds is 5. The molecule has 3 unspecified atom stereocenters. The topological polar surface area (TPSA) is 58.2 Å². The van der Waals surface area contributed by atoms with Crippen molar-refractivity contribution in [1.29, 1.82) is 0 Å². The summed E-state index contributed by atoms with van der Waals surface area (Å²) >= 11 is 0. The first-order valence-electron chi connectivity index (χ1n) is 10.4. The van der Waals surface area contributed by atoms with Crippen molar-refractivity contribution >= 4 is 11.6 Å². The molecule has 27 heavy (non-hydrogen) atoms. The Morgan fingerprint density at radius 3 is 2.48 bits per heavy atom. The molecule has 1 saturated carbocycles. The van der Waals surface area contributed by atoms with E-state index < -0.39 is 5.92 Å². The van der Waals surface area contributed by atoms with E-state index in [1.54, 1.807) is 0 Å². The highest BCUT2D eigenvalue weighted by Crippen LogP contribution is 2.37. The second-order valence-electron chi connectivity index (χ2n) is 8.43.